The molecular formula is C15H23Cl2N. The minimum absolute atomic E-state index is 0.433. The van der Waals surface area contributed by atoms with Gasteiger partial charge in [0, 0.05) is 22.5 Å². The van der Waals surface area contributed by atoms with Crippen LogP contribution in [0.2, 0.25) is 10.0 Å². The summed E-state index contributed by atoms with van der Waals surface area (Å²) in [6.07, 6.45) is 1.20. The van der Waals surface area contributed by atoms with E-state index in [4.69, 9.17) is 23.2 Å². The number of hydrogen-bond donors (Lipinski definition) is 1. The molecule has 0 heterocycles. The molecule has 102 valence electrons. The molecule has 0 aliphatic rings. The monoisotopic (exact) mass is 287 g/mol. The third-order valence-electron chi connectivity index (χ3n) is 3.32. The first kappa shape index (κ1) is 15.8. The maximum atomic E-state index is 6.33. The van der Waals surface area contributed by atoms with Crippen LogP contribution in [0.4, 0.5) is 0 Å². The van der Waals surface area contributed by atoms with Crippen molar-refractivity contribution < 1.29 is 0 Å². The summed E-state index contributed by atoms with van der Waals surface area (Å²) in [4.78, 5) is 0. The lowest BCUT2D eigenvalue weighted by atomic mass is 9.82. The van der Waals surface area contributed by atoms with Gasteiger partial charge in [-0.3, -0.25) is 0 Å². The number of nitrogens with one attached hydrogen (secondary N) is 1. The van der Waals surface area contributed by atoms with Gasteiger partial charge in [-0.05, 0) is 43.0 Å². The topological polar surface area (TPSA) is 12.0 Å². The fourth-order valence-corrected chi connectivity index (χ4v) is 3.10. The Morgan fingerprint density at radius 2 is 1.83 bits per heavy atom. The Hall–Kier alpha value is -0.240. The highest BCUT2D eigenvalue weighted by Gasteiger charge is 2.21. The second-order valence-electron chi connectivity index (χ2n) is 5.44. The third kappa shape index (κ3) is 4.46. The van der Waals surface area contributed by atoms with E-state index in [1.54, 1.807) is 0 Å². The van der Waals surface area contributed by atoms with Crippen LogP contribution in [0.25, 0.3) is 0 Å². The van der Waals surface area contributed by atoms with E-state index in [9.17, 15) is 0 Å². The number of benzene rings is 1. The van der Waals surface area contributed by atoms with Gasteiger partial charge in [0.1, 0.15) is 0 Å². The molecule has 0 fully saturated rings. The highest BCUT2D eigenvalue weighted by atomic mass is 35.5. The van der Waals surface area contributed by atoms with Gasteiger partial charge in [-0.1, -0.05) is 50.0 Å². The van der Waals surface area contributed by atoms with Gasteiger partial charge in [-0.2, -0.15) is 0 Å². The van der Waals surface area contributed by atoms with Crippen LogP contribution in [-0.2, 0) is 0 Å². The maximum absolute atomic E-state index is 6.33. The lowest BCUT2D eigenvalue weighted by molar-refractivity contribution is 0.366. The van der Waals surface area contributed by atoms with E-state index in [1.807, 2.05) is 19.2 Å². The average Bonchev–Trinajstić information content (AvgIpc) is 2.25. The Morgan fingerprint density at radius 1 is 1.17 bits per heavy atom. The van der Waals surface area contributed by atoms with Gasteiger partial charge in [-0.25, -0.2) is 0 Å². The average molecular weight is 288 g/mol. The quantitative estimate of drug-likeness (QED) is 0.778. The zero-order valence-corrected chi connectivity index (χ0v) is 13.1. The minimum Gasteiger partial charge on any atom is -0.319 e. The van der Waals surface area contributed by atoms with Crippen molar-refractivity contribution >= 4 is 23.2 Å². The Kier molecular flexibility index (Phi) is 6.48. The summed E-state index contributed by atoms with van der Waals surface area (Å²) in [5.41, 5.74) is 1.20. The standard InChI is InChI=1S/C15H23Cl2N/c1-10(2)7-11(3)14(9-18-4)13-6-5-12(16)8-15(13)17/h5-6,8,10-11,14,18H,7,9H2,1-4H3. The van der Waals surface area contributed by atoms with E-state index < -0.39 is 0 Å². The number of rotatable bonds is 6. The van der Waals surface area contributed by atoms with Gasteiger partial charge in [0.15, 0.2) is 0 Å². The van der Waals surface area contributed by atoms with Crippen LogP contribution in [0.15, 0.2) is 18.2 Å². The first-order valence-corrected chi connectivity index (χ1v) is 7.30. The molecule has 0 aromatic heterocycles. The van der Waals surface area contributed by atoms with E-state index in [2.05, 4.69) is 32.2 Å². The molecule has 0 spiro atoms. The first-order valence-electron chi connectivity index (χ1n) is 6.55. The lowest BCUT2D eigenvalue weighted by Gasteiger charge is -2.26. The van der Waals surface area contributed by atoms with Crippen LogP contribution in [-0.4, -0.2) is 13.6 Å². The molecule has 1 aromatic rings. The number of likely N-dealkylation sites (N-methyl/N-ethyl adjacent to an activating group) is 1. The molecule has 0 saturated carbocycles. The fourth-order valence-electron chi connectivity index (χ4n) is 2.55. The van der Waals surface area contributed by atoms with E-state index in [1.165, 1.54) is 12.0 Å². The molecule has 0 aliphatic heterocycles. The molecule has 2 atom stereocenters. The Labute approximate surface area is 121 Å². The van der Waals surface area contributed by atoms with Gasteiger partial charge in [-0.15, -0.1) is 0 Å². The van der Waals surface area contributed by atoms with Crippen LogP contribution >= 0.6 is 23.2 Å². The molecule has 18 heavy (non-hydrogen) atoms. The molecule has 0 radical (unpaired) electrons. The maximum Gasteiger partial charge on any atom is 0.0456 e. The van der Waals surface area contributed by atoms with Gasteiger partial charge in [0.2, 0.25) is 0 Å². The smallest absolute Gasteiger partial charge is 0.0456 e. The normalized spacial score (nSPS) is 14.8. The Balaban J connectivity index is 2.96. The first-order chi connectivity index (χ1) is 8.45. The zero-order chi connectivity index (χ0) is 13.7. The molecule has 1 N–H and O–H groups in total. The van der Waals surface area contributed by atoms with Crippen molar-refractivity contribution in [3.63, 3.8) is 0 Å². The molecule has 0 saturated heterocycles. The Bertz CT molecular complexity index is 377. The molecule has 0 aliphatic carbocycles. The van der Waals surface area contributed by atoms with Crippen LogP contribution in [0.5, 0.6) is 0 Å². The van der Waals surface area contributed by atoms with Crippen molar-refractivity contribution in [3.05, 3.63) is 33.8 Å². The second kappa shape index (κ2) is 7.37. The minimum atomic E-state index is 0.433. The zero-order valence-electron chi connectivity index (χ0n) is 11.6. The largest absolute Gasteiger partial charge is 0.319 e. The fraction of sp³-hybridized carbons (Fsp3) is 0.600. The van der Waals surface area contributed by atoms with Crippen molar-refractivity contribution in [2.24, 2.45) is 11.8 Å². The van der Waals surface area contributed by atoms with Gasteiger partial charge in [0.05, 0.1) is 0 Å². The van der Waals surface area contributed by atoms with Gasteiger partial charge < -0.3 is 5.32 Å². The third-order valence-corrected chi connectivity index (χ3v) is 3.88. The molecule has 1 nitrogen and oxygen atoms in total. The molecule has 2 unspecified atom stereocenters. The lowest BCUT2D eigenvalue weighted by Crippen LogP contribution is -2.24. The molecule has 0 amide bonds. The highest BCUT2D eigenvalue weighted by molar-refractivity contribution is 6.35. The van der Waals surface area contributed by atoms with Crippen molar-refractivity contribution in [3.8, 4) is 0 Å². The van der Waals surface area contributed by atoms with Gasteiger partial charge in [0.25, 0.3) is 0 Å². The summed E-state index contributed by atoms with van der Waals surface area (Å²) >= 11 is 12.3. The van der Waals surface area contributed by atoms with E-state index in [0.717, 1.165) is 11.6 Å². The molecule has 1 rings (SSSR count). The Morgan fingerprint density at radius 3 is 2.33 bits per heavy atom. The number of halogens is 2. The number of hydrogen-bond acceptors (Lipinski definition) is 1. The van der Waals surface area contributed by atoms with Crippen molar-refractivity contribution in [2.45, 2.75) is 33.1 Å². The highest BCUT2D eigenvalue weighted by Crippen LogP contribution is 2.34. The van der Waals surface area contributed by atoms with Crippen LogP contribution in [0.1, 0.15) is 38.7 Å². The summed E-state index contributed by atoms with van der Waals surface area (Å²) in [5.74, 6) is 1.73. The SMILES string of the molecule is CNCC(c1ccc(Cl)cc1Cl)C(C)CC(C)C. The van der Waals surface area contributed by atoms with E-state index in [-0.39, 0.29) is 0 Å². The molecular weight excluding hydrogens is 265 g/mol. The second-order valence-corrected chi connectivity index (χ2v) is 6.28. The summed E-state index contributed by atoms with van der Waals surface area (Å²) < 4.78 is 0. The van der Waals surface area contributed by atoms with E-state index >= 15 is 0 Å². The molecule has 1 aromatic carbocycles. The van der Waals surface area contributed by atoms with Crippen molar-refractivity contribution in [1.29, 1.82) is 0 Å². The summed E-state index contributed by atoms with van der Waals surface area (Å²) in [5, 5.41) is 4.74. The predicted molar refractivity (Wildman–Crippen MR) is 81.7 cm³/mol. The summed E-state index contributed by atoms with van der Waals surface area (Å²) in [6, 6.07) is 5.82. The molecule has 0 bridgehead atoms. The van der Waals surface area contributed by atoms with Crippen LogP contribution in [0, 0.1) is 11.8 Å². The van der Waals surface area contributed by atoms with Crippen LogP contribution < -0.4 is 5.32 Å². The van der Waals surface area contributed by atoms with Crippen LogP contribution in [0.3, 0.4) is 0 Å². The summed E-state index contributed by atoms with van der Waals surface area (Å²) in [6.45, 7) is 7.76. The van der Waals surface area contributed by atoms with Crippen molar-refractivity contribution in [1.82, 2.24) is 5.32 Å². The van der Waals surface area contributed by atoms with E-state index in [0.29, 0.717) is 22.8 Å². The molecule has 3 heteroatoms. The van der Waals surface area contributed by atoms with Gasteiger partial charge >= 0.3 is 0 Å². The summed E-state index contributed by atoms with van der Waals surface area (Å²) in [7, 11) is 1.99. The van der Waals surface area contributed by atoms with Crippen molar-refractivity contribution in [2.75, 3.05) is 13.6 Å². The predicted octanol–water partition coefficient (Wildman–Crippen LogP) is 4.98.